The number of benzene rings is 3. The number of non-ortho nitro benzene ring substituents is 1. The Labute approximate surface area is 187 Å². The van der Waals surface area contributed by atoms with Crippen LogP contribution in [0, 0.1) is 27.2 Å². The molecule has 11 nitrogen and oxygen atoms in total. The highest BCUT2D eigenvalue weighted by molar-refractivity contribution is 6.01. The van der Waals surface area contributed by atoms with Gasteiger partial charge in [0.1, 0.15) is 5.69 Å². The lowest BCUT2D eigenvalue weighted by atomic mass is 10.1. The molecule has 0 bridgehead atoms. The number of aryl methyl sites for hydroxylation is 1. The summed E-state index contributed by atoms with van der Waals surface area (Å²) in [4.78, 5) is 46.9. The fraction of sp³-hybridized carbons (Fsp3) is 0.0909. The first-order chi connectivity index (χ1) is 15.7. The Morgan fingerprint density at radius 3 is 2.30 bits per heavy atom. The quantitative estimate of drug-likeness (QED) is 0.236. The van der Waals surface area contributed by atoms with E-state index in [4.69, 9.17) is 10.5 Å². The molecule has 33 heavy (non-hydrogen) atoms. The van der Waals surface area contributed by atoms with Crippen LogP contribution in [-0.2, 0) is 9.53 Å². The Hall–Kier alpha value is -4.80. The van der Waals surface area contributed by atoms with Crippen LogP contribution in [0.5, 0.6) is 0 Å². The van der Waals surface area contributed by atoms with E-state index in [-0.39, 0.29) is 33.9 Å². The zero-order valence-corrected chi connectivity index (χ0v) is 17.3. The van der Waals surface area contributed by atoms with Crippen LogP contribution >= 0.6 is 0 Å². The van der Waals surface area contributed by atoms with E-state index in [0.717, 1.165) is 12.1 Å². The summed E-state index contributed by atoms with van der Waals surface area (Å²) < 4.78 is 5.37. The summed E-state index contributed by atoms with van der Waals surface area (Å²) in [6, 6.07) is 15.5. The number of nitrogens with two attached hydrogens (primary N) is 1. The largest absolute Gasteiger partial charge is 0.444 e. The predicted molar refractivity (Wildman–Crippen MR) is 119 cm³/mol. The van der Waals surface area contributed by atoms with E-state index >= 15 is 0 Å². The van der Waals surface area contributed by atoms with Crippen molar-refractivity contribution in [2.45, 2.75) is 13.0 Å². The normalized spacial score (nSPS) is 11.3. The number of hydrogen-bond donors (Lipinski definition) is 2. The number of carbonyl (C=O) groups is 2. The van der Waals surface area contributed by atoms with Gasteiger partial charge in [-0.05, 0) is 24.6 Å². The van der Waals surface area contributed by atoms with Gasteiger partial charge in [0.15, 0.2) is 0 Å². The van der Waals surface area contributed by atoms with Crippen LogP contribution in [0.4, 0.5) is 22.7 Å². The van der Waals surface area contributed by atoms with Gasteiger partial charge in [0.2, 0.25) is 6.10 Å². The summed E-state index contributed by atoms with van der Waals surface area (Å²) in [6.07, 6.45) is -1.52. The summed E-state index contributed by atoms with van der Waals surface area (Å²) in [5.74, 6) is -1.93. The highest BCUT2D eigenvalue weighted by atomic mass is 16.6. The molecular weight excluding hydrogens is 432 g/mol. The molecule has 0 spiro atoms. The second-order valence-corrected chi connectivity index (χ2v) is 6.99. The molecule has 1 unspecified atom stereocenters. The Bertz CT molecular complexity index is 1240. The summed E-state index contributed by atoms with van der Waals surface area (Å²) in [5, 5.41) is 24.9. The van der Waals surface area contributed by atoms with Crippen molar-refractivity contribution >= 4 is 34.6 Å². The van der Waals surface area contributed by atoms with E-state index in [1.165, 1.54) is 30.3 Å². The summed E-state index contributed by atoms with van der Waals surface area (Å²) >= 11 is 0. The number of carbonyl (C=O) groups excluding carboxylic acids is 2. The first-order valence-electron chi connectivity index (χ1n) is 9.53. The number of nitrogen functional groups attached to an aromatic ring is 1. The van der Waals surface area contributed by atoms with E-state index < -0.39 is 27.8 Å². The molecule has 0 radical (unpaired) electrons. The van der Waals surface area contributed by atoms with Crippen molar-refractivity contribution in [1.29, 1.82) is 0 Å². The highest BCUT2D eigenvalue weighted by Gasteiger charge is 2.29. The van der Waals surface area contributed by atoms with Gasteiger partial charge >= 0.3 is 5.97 Å². The minimum atomic E-state index is -1.52. The molecule has 1 amide bonds. The van der Waals surface area contributed by atoms with Gasteiger partial charge in [0.25, 0.3) is 17.3 Å². The maximum Gasteiger partial charge on any atom is 0.341 e. The lowest BCUT2D eigenvalue weighted by Gasteiger charge is -2.18. The topological polar surface area (TPSA) is 168 Å². The third-order valence-corrected chi connectivity index (χ3v) is 4.64. The van der Waals surface area contributed by atoms with Gasteiger partial charge < -0.3 is 15.8 Å². The van der Waals surface area contributed by atoms with Crippen molar-refractivity contribution < 1.29 is 24.2 Å². The molecule has 0 heterocycles. The van der Waals surface area contributed by atoms with Crippen LogP contribution in [0.25, 0.3) is 0 Å². The number of hydrogen-bond acceptors (Lipinski definition) is 8. The van der Waals surface area contributed by atoms with Gasteiger partial charge in [0, 0.05) is 29.4 Å². The third-order valence-electron chi connectivity index (χ3n) is 4.64. The molecule has 0 aromatic heterocycles. The van der Waals surface area contributed by atoms with Gasteiger partial charge in [-0.2, -0.15) is 0 Å². The number of amides is 1. The van der Waals surface area contributed by atoms with E-state index in [2.05, 4.69) is 5.32 Å². The van der Waals surface area contributed by atoms with Crippen LogP contribution in [-0.4, -0.2) is 21.7 Å². The smallest absolute Gasteiger partial charge is 0.341 e. The SMILES string of the molecule is Cc1ccc(NC(=O)C(OC(=O)c2cc([N+](=O)[O-])ccc2N)c2ccccc2)c([N+](=O)[O-])c1. The second-order valence-electron chi connectivity index (χ2n) is 6.99. The molecule has 1 atom stereocenters. The van der Waals surface area contributed by atoms with E-state index in [1.54, 1.807) is 31.2 Å². The van der Waals surface area contributed by atoms with Gasteiger partial charge in [0.05, 0.1) is 15.4 Å². The molecule has 0 aliphatic rings. The first-order valence-corrected chi connectivity index (χ1v) is 9.53. The van der Waals surface area contributed by atoms with Gasteiger partial charge in [-0.15, -0.1) is 0 Å². The van der Waals surface area contributed by atoms with E-state index in [9.17, 15) is 29.8 Å². The minimum Gasteiger partial charge on any atom is -0.444 e. The molecule has 168 valence electrons. The Kier molecular flexibility index (Phi) is 6.63. The zero-order valence-electron chi connectivity index (χ0n) is 17.3. The van der Waals surface area contributed by atoms with Crippen LogP contribution < -0.4 is 11.1 Å². The molecule has 0 saturated carbocycles. The average Bonchev–Trinajstić information content (AvgIpc) is 2.79. The third kappa shape index (κ3) is 5.28. The summed E-state index contributed by atoms with van der Waals surface area (Å²) in [5.41, 5.74) is 5.51. The Balaban J connectivity index is 1.95. The van der Waals surface area contributed by atoms with E-state index in [0.29, 0.717) is 5.56 Å². The molecule has 0 aliphatic heterocycles. The minimum absolute atomic E-state index is 0.0769. The molecule has 0 aliphatic carbocycles. The number of esters is 1. The van der Waals surface area contributed by atoms with Crippen LogP contribution in [0.3, 0.4) is 0 Å². The van der Waals surface area contributed by atoms with Crippen molar-refractivity contribution in [2.24, 2.45) is 0 Å². The lowest BCUT2D eigenvalue weighted by Crippen LogP contribution is -2.26. The van der Waals surface area contributed by atoms with Crippen molar-refractivity contribution in [1.82, 2.24) is 0 Å². The van der Waals surface area contributed by atoms with Crippen molar-refractivity contribution in [3.8, 4) is 0 Å². The fourth-order valence-corrected chi connectivity index (χ4v) is 3.00. The number of nitro groups is 2. The van der Waals surface area contributed by atoms with Crippen LogP contribution in [0.1, 0.15) is 27.6 Å². The van der Waals surface area contributed by atoms with Crippen LogP contribution in [0.15, 0.2) is 66.7 Å². The highest BCUT2D eigenvalue weighted by Crippen LogP contribution is 2.29. The number of ether oxygens (including phenoxy) is 1. The molecule has 0 fully saturated rings. The number of rotatable bonds is 7. The van der Waals surface area contributed by atoms with Gasteiger partial charge in [-0.1, -0.05) is 36.4 Å². The number of anilines is 2. The predicted octanol–water partition coefficient (Wildman–Crippen LogP) is 3.93. The Morgan fingerprint density at radius 1 is 0.970 bits per heavy atom. The monoisotopic (exact) mass is 450 g/mol. The van der Waals surface area contributed by atoms with Crippen LogP contribution in [0.2, 0.25) is 0 Å². The fourth-order valence-electron chi connectivity index (χ4n) is 3.00. The first kappa shape index (κ1) is 22.9. The standard InChI is InChI=1S/C22H18N4O7/c1-13-7-10-18(19(11-13)26(31)32)24-21(27)20(14-5-3-2-4-6-14)33-22(28)16-12-15(25(29)30)8-9-17(16)23/h2-12,20H,23H2,1H3,(H,24,27). The zero-order chi connectivity index (χ0) is 24.1. The summed E-state index contributed by atoms with van der Waals surface area (Å²) in [7, 11) is 0. The molecule has 3 N–H and O–H groups in total. The molecule has 11 heteroatoms. The molecule has 3 rings (SSSR count). The maximum absolute atomic E-state index is 13.0. The van der Waals surface area contributed by atoms with Crippen molar-refractivity contribution in [3.05, 3.63) is 104 Å². The van der Waals surface area contributed by atoms with Gasteiger partial charge in [-0.3, -0.25) is 25.0 Å². The number of nitrogens with zero attached hydrogens (tertiary/aromatic N) is 2. The second kappa shape index (κ2) is 9.56. The molecule has 3 aromatic carbocycles. The molecular formula is C22H18N4O7. The van der Waals surface area contributed by atoms with Gasteiger partial charge in [-0.25, -0.2) is 4.79 Å². The van der Waals surface area contributed by atoms with E-state index in [1.807, 2.05) is 0 Å². The average molecular weight is 450 g/mol. The van der Waals surface area contributed by atoms with Crippen molar-refractivity contribution in [3.63, 3.8) is 0 Å². The lowest BCUT2D eigenvalue weighted by molar-refractivity contribution is -0.384. The number of nitrogens with one attached hydrogen (secondary N) is 1. The summed E-state index contributed by atoms with van der Waals surface area (Å²) in [6.45, 7) is 1.66. The van der Waals surface area contributed by atoms with Crippen molar-refractivity contribution in [2.75, 3.05) is 11.1 Å². The number of nitro benzene ring substituents is 2. The molecule has 3 aromatic rings. The Morgan fingerprint density at radius 2 is 1.67 bits per heavy atom. The maximum atomic E-state index is 13.0. The molecule has 0 saturated heterocycles.